The Balaban J connectivity index is 2.43. The van der Waals surface area contributed by atoms with Crippen LogP contribution < -0.4 is 0 Å². The number of esters is 1. The summed E-state index contributed by atoms with van der Waals surface area (Å²) in [5, 5.41) is 9.56. The zero-order chi connectivity index (χ0) is 16.5. The summed E-state index contributed by atoms with van der Waals surface area (Å²) in [6, 6.07) is 6.42. The Hall–Kier alpha value is -1.67. The maximum absolute atomic E-state index is 13.3. The average Bonchev–Trinajstić information content (AvgIpc) is 2.80. The molecule has 0 saturated carbocycles. The SMILES string of the molecule is CC(C)OC(=O)C[C@@](O)(c1nc2ccccc2s1)C(F)(F)F. The highest BCUT2D eigenvalue weighted by atomic mass is 32.1. The summed E-state index contributed by atoms with van der Waals surface area (Å²) in [4.78, 5) is 15.4. The van der Waals surface area contributed by atoms with E-state index < -0.39 is 35.3 Å². The molecular weight excluding hydrogens is 319 g/mol. The van der Waals surface area contributed by atoms with Crippen LogP contribution in [-0.2, 0) is 15.1 Å². The van der Waals surface area contributed by atoms with Crippen molar-refractivity contribution in [2.24, 2.45) is 0 Å². The molecule has 0 amide bonds. The van der Waals surface area contributed by atoms with Gasteiger partial charge in [0.05, 0.1) is 22.7 Å². The van der Waals surface area contributed by atoms with Crippen LogP contribution >= 0.6 is 11.3 Å². The maximum Gasteiger partial charge on any atom is 0.424 e. The first-order valence-corrected chi connectivity index (χ1v) is 7.30. The Bertz CT molecular complexity index is 650. The lowest BCUT2D eigenvalue weighted by Crippen LogP contribution is -2.44. The molecule has 22 heavy (non-hydrogen) atoms. The van der Waals surface area contributed by atoms with Crippen molar-refractivity contribution < 1.29 is 27.8 Å². The van der Waals surface area contributed by atoms with E-state index in [0.717, 1.165) is 0 Å². The molecule has 1 heterocycles. The molecular formula is C14H14F3NO3S. The number of hydrogen-bond acceptors (Lipinski definition) is 5. The number of para-hydroxylation sites is 1. The molecule has 4 nitrogen and oxygen atoms in total. The number of aliphatic hydroxyl groups is 1. The first-order chi connectivity index (χ1) is 10.1. The Labute approximate surface area is 128 Å². The number of hydrogen-bond donors (Lipinski definition) is 1. The van der Waals surface area contributed by atoms with Crippen molar-refractivity contribution in [3.8, 4) is 0 Å². The molecule has 120 valence electrons. The van der Waals surface area contributed by atoms with Crippen molar-refractivity contribution in [1.29, 1.82) is 0 Å². The lowest BCUT2D eigenvalue weighted by molar-refractivity contribution is -0.269. The van der Waals surface area contributed by atoms with Crippen LogP contribution in [0.4, 0.5) is 13.2 Å². The first-order valence-electron chi connectivity index (χ1n) is 6.48. The van der Waals surface area contributed by atoms with Gasteiger partial charge in [-0.15, -0.1) is 11.3 Å². The molecule has 0 saturated heterocycles. The van der Waals surface area contributed by atoms with Gasteiger partial charge in [0.1, 0.15) is 5.01 Å². The molecule has 1 aromatic carbocycles. The van der Waals surface area contributed by atoms with Gasteiger partial charge in [-0.3, -0.25) is 4.79 Å². The molecule has 0 spiro atoms. The second kappa shape index (κ2) is 5.85. The van der Waals surface area contributed by atoms with Gasteiger partial charge in [-0.2, -0.15) is 13.2 Å². The van der Waals surface area contributed by atoms with Gasteiger partial charge in [-0.05, 0) is 26.0 Å². The van der Waals surface area contributed by atoms with Crippen molar-refractivity contribution >= 4 is 27.5 Å². The fourth-order valence-electron chi connectivity index (χ4n) is 1.86. The standard InChI is InChI=1S/C14H14F3NO3S/c1-8(2)21-11(19)7-13(20,14(15,16)17)12-18-9-5-3-4-6-10(9)22-12/h3-6,8,20H,7H2,1-2H3/t13-/m1/s1. The third kappa shape index (κ3) is 3.22. The summed E-state index contributed by atoms with van der Waals surface area (Å²) < 4.78 is 45.2. The Morgan fingerprint density at radius 2 is 2.00 bits per heavy atom. The number of ether oxygens (including phenoxy) is 1. The van der Waals surface area contributed by atoms with Gasteiger partial charge in [-0.25, -0.2) is 4.98 Å². The Morgan fingerprint density at radius 1 is 1.36 bits per heavy atom. The number of aromatic nitrogens is 1. The van der Waals surface area contributed by atoms with Crippen LogP contribution in [0.3, 0.4) is 0 Å². The predicted molar refractivity (Wildman–Crippen MR) is 75.4 cm³/mol. The van der Waals surface area contributed by atoms with E-state index in [4.69, 9.17) is 4.74 Å². The minimum atomic E-state index is -5.04. The molecule has 1 atom stereocenters. The van der Waals surface area contributed by atoms with Crippen molar-refractivity contribution in [2.45, 2.75) is 38.1 Å². The third-order valence-electron chi connectivity index (χ3n) is 2.88. The summed E-state index contributed by atoms with van der Waals surface area (Å²) in [5.74, 6) is -1.13. The number of alkyl halides is 3. The molecule has 0 radical (unpaired) electrons. The predicted octanol–water partition coefficient (Wildman–Crippen LogP) is 3.39. The Morgan fingerprint density at radius 3 is 2.55 bits per heavy atom. The van der Waals surface area contributed by atoms with Gasteiger partial charge < -0.3 is 9.84 Å². The van der Waals surface area contributed by atoms with Crippen LogP contribution in [0.5, 0.6) is 0 Å². The number of fused-ring (bicyclic) bond motifs is 1. The van der Waals surface area contributed by atoms with Crippen LogP contribution in [0.2, 0.25) is 0 Å². The van der Waals surface area contributed by atoms with Crippen LogP contribution in [0, 0.1) is 0 Å². The molecule has 0 unspecified atom stereocenters. The van der Waals surface area contributed by atoms with Crippen molar-refractivity contribution in [1.82, 2.24) is 4.98 Å². The topological polar surface area (TPSA) is 59.4 Å². The van der Waals surface area contributed by atoms with Crippen molar-refractivity contribution in [3.05, 3.63) is 29.3 Å². The number of benzene rings is 1. The van der Waals surface area contributed by atoms with E-state index in [1.165, 1.54) is 13.8 Å². The van der Waals surface area contributed by atoms with E-state index in [0.29, 0.717) is 21.6 Å². The highest BCUT2D eigenvalue weighted by Gasteiger charge is 2.58. The maximum atomic E-state index is 13.3. The lowest BCUT2D eigenvalue weighted by Gasteiger charge is -2.27. The number of carbonyl (C=O) groups is 1. The zero-order valence-corrected chi connectivity index (χ0v) is 12.7. The molecule has 2 rings (SSSR count). The zero-order valence-electron chi connectivity index (χ0n) is 11.8. The molecule has 0 aliphatic rings. The van der Waals surface area contributed by atoms with E-state index in [-0.39, 0.29) is 0 Å². The van der Waals surface area contributed by atoms with Gasteiger partial charge in [0.2, 0.25) is 5.60 Å². The van der Waals surface area contributed by atoms with Gasteiger partial charge >= 0.3 is 12.1 Å². The van der Waals surface area contributed by atoms with E-state index >= 15 is 0 Å². The largest absolute Gasteiger partial charge is 0.463 e. The highest BCUT2D eigenvalue weighted by molar-refractivity contribution is 7.18. The smallest absolute Gasteiger partial charge is 0.424 e. The molecule has 0 aliphatic heterocycles. The summed E-state index contributed by atoms with van der Waals surface area (Å²) in [6.45, 7) is 3.03. The normalized spacial score (nSPS) is 15.0. The first kappa shape index (κ1) is 16.7. The molecule has 1 N–H and O–H groups in total. The second-order valence-corrected chi connectivity index (χ2v) is 6.09. The van der Waals surface area contributed by atoms with Crippen LogP contribution in [-0.4, -0.2) is 28.3 Å². The molecule has 0 bridgehead atoms. The third-order valence-corrected chi connectivity index (χ3v) is 4.07. The summed E-state index contributed by atoms with van der Waals surface area (Å²) in [6.07, 6.45) is -6.84. The molecule has 2 aromatic rings. The quantitative estimate of drug-likeness (QED) is 0.872. The molecule has 0 aliphatic carbocycles. The summed E-state index contributed by atoms with van der Waals surface area (Å²) >= 11 is 0.703. The number of halogens is 3. The summed E-state index contributed by atoms with van der Waals surface area (Å²) in [5.41, 5.74) is -3.02. The fraction of sp³-hybridized carbons (Fsp3) is 0.429. The van der Waals surface area contributed by atoms with E-state index in [2.05, 4.69) is 4.98 Å². The average molecular weight is 333 g/mol. The molecule has 0 fully saturated rings. The van der Waals surface area contributed by atoms with Crippen LogP contribution in [0.25, 0.3) is 10.2 Å². The highest BCUT2D eigenvalue weighted by Crippen LogP contribution is 2.44. The minimum Gasteiger partial charge on any atom is -0.463 e. The Kier molecular flexibility index (Phi) is 4.44. The van der Waals surface area contributed by atoms with Gasteiger partial charge in [-0.1, -0.05) is 12.1 Å². The van der Waals surface area contributed by atoms with Crippen molar-refractivity contribution in [2.75, 3.05) is 0 Å². The van der Waals surface area contributed by atoms with Gasteiger partial charge in [0.15, 0.2) is 0 Å². The van der Waals surface area contributed by atoms with E-state index in [1.807, 2.05) is 0 Å². The lowest BCUT2D eigenvalue weighted by atomic mass is 10.00. The number of thiazole rings is 1. The fourth-order valence-corrected chi connectivity index (χ4v) is 2.93. The van der Waals surface area contributed by atoms with Crippen LogP contribution in [0.15, 0.2) is 24.3 Å². The minimum absolute atomic E-state index is 0.336. The second-order valence-electron chi connectivity index (χ2n) is 5.06. The molecule has 8 heteroatoms. The monoisotopic (exact) mass is 333 g/mol. The van der Waals surface area contributed by atoms with Gasteiger partial charge in [0.25, 0.3) is 0 Å². The molecule has 1 aromatic heterocycles. The number of nitrogens with zero attached hydrogens (tertiary/aromatic N) is 1. The van der Waals surface area contributed by atoms with Crippen molar-refractivity contribution in [3.63, 3.8) is 0 Å². The van der Waals surface area contributed by atoms with E-state index in [9.17, 15) is 23.1 Å². The van der Waals surface area contributed by atoms with Crippen LogP contribution in [0.1, 0.15) is 25.3 Å². The number of carbonyl (C=O) groups excluding carboxylic acids is 1. The van der Waals surface area contributed by atoms with Gasteiger partial charge in [0, 0.05) is 0 Å². The van der Waals surface area contributed by atoms with E-state index in [1.54, 1.807) is 24.3 Å². The number of rotatable bonds is 4. The summed E-state index contributed by atoms with van der Waals surface area (Å²) in [7, 11) is 0.